The smallest absolute Gasteiger partial charge is 0.173 e. The van der Waals surface area contributed by atoms with Gasteiger partial charge in [0.1, 0.15) is 4.32 Å². The maximum absolute atomic E-state index is 12.8. The number of hydrogen-bond acceptors (Lipinski definition) is 3. The lowest BCUT2D eigenvalue weighted by atomic mass is 9.92. The van der Waals surface area contributed by atoms with Gasteiger partial charge in [0.05, 0.1) is 5.75 Å². The topological polar surface area (TPSA) is 20.3 Å². The van der Waals surface area contributed by atoms with E-state index in [1.807, 2.05) is 19.0 Å². The summed E-state index contributed by atoms with van der Waals surface area (Å²) in [7, 11) is 3.82. The number of nitrogens with zero attached hydrogens (tertiary/aromatic N) is 1. The highest BCUT2D eigenvalue weighted by atomic mass is 32.2. The van der Waals surface area contributed by atoms with Crippen LogP contribution in [0.2, 0.25) is 0 Å². The predicted molar refractivity (Wildman–Crippen MR) is 111 cm³/mol. The van der Waals surface area contributed by atoms with E-state index in [4.69, 9.17) is 12.2 Å². The molecule has 6 rings (SSSR count). The third-order valence-corrected chi connectivity index (χ3v) is 6.31. The lowest BCUT2D eigenvalue weighted by Gasteiger charge is -2.15. The first kappa shape index (κ1) is 18.2. The molecule has 0 heterocycles. The number of aryl methyl sites for hydroxylation is 4. The molecule has 4 bridgehead atoms. The number of carbonyl (C=O) groups is 1. The van der Waals surface area contributed by atoms with Gasteiger partial charge in [-0.1, -0.05) is 60.4 Å². The predicted octanol–water partition coefficient (Wildman–Crippen LogP) is 4.33. The van der Waals surface area contributed by atoms with E-state index in [1.54, 1.807) is 0 Å². The maximum Gasteiger partial charge on any atom is 0.173 e. The van der Waals surface area contributed by atoms with Crippen molar-refractivity contribution in [3.63, 3.8) is 0 Å². The molecule has 2 aromatic rings. The van der Waals surface area contributed by atoms with E-state index in [1.165, 1.54) is 28.5 Å². The van der Waals surface area contributed by atoms with Crippen molar-refractivity contribution >= 4 is 34.1 Å². The fourth-order valence-corrected chi connectivity index (χ4v) is 3.88. The fourth-order valence-electron chi connectivity index (χ4n) is 3.03. The van der Waals surface area contributed by atoms with Crippen molar-refractivity contribution in [2.24, 2.45) is 0 Å². The second-order valence-electron chi connectivity index (χ2n) is 6.68. The lowest BCUT2D eigenvalue weighted by molar-refractivity contribution is 0.102. The van der Waals surface area contributed by atoms with Crippen molar-refractivity contribution in [3.05, 3.63) is 70.3 Å². The number of ketones is 1. The number of carbonyl (C=O) groups excluding carboxylic acids is 1. The van der Waals surface area contributed by atoms with E-state index in [0.717, 1.165) is 41.1 Å². The van der Waals surface area contributed by atoms with Crippen LogP contribution in [0, 0.1) is 0 Å². The number of hydrogen-bond donors (Lipinski definition) is 0. The standard InChI is InChI=1S/C21H23NOS2/c1-22(2)21(24)25-14-20(23)19-13-17-8-7-15-3-5-16(6-4-15)9-11-18(19)12-10-17/h3-6,10,12-13H,7-9,11,14H2,1-2H3. The fraction of sp³-hybridized carbons (Fsp3) is 0.333. The first-order valence-electron chi connectivity index (χ1n) is 8.60. The van der Waals surface area contributed by atoms with Gasteiger partial charge in [-0.15, -0.1) is 0 Å². The first-order valence-corrected chi connectivity index (χ1v) is 9.99. The normalized spacial score (nSPS) is 13.2. The largest absolute Gasteiger partial charge is 0.364 e. The van der Waals surface area contributed by atoms with Gasteiger partial charge in [0.25, 0.3) is 0 Å². The number of thiocarbonyl (C=S) groups is 1. The summed E-state index contributed by atoms with van der Waals surface area (Å²) in [6.45, 7) is 0. The van der Waals surface area contributed by atoms with E-state index in [-0.39, 0.29) is 5.78 Å². The molecular weight excluding hydrogens is 346 g/mol. The number of rotatable bonds is 3. The Labute approximate surface area is 159 Å². The minimum absolute atomic E-state index is 0.178. The molecule has 0 amide bonds. The van der Waals surface area contributed by atoms with Crippen molar-refractivity contribution < 1.29 is 4.79 Å². The number of thioether (sulfide) groups is 1. The summed E-state index contributed by atoms with van der Waals surface area (Å²) >= 11 is 6.73. The summed E-state index contributed by atoms with van der Waals surface area (Å²) in [5, 5.41) is 0. The van der Waals surface area contributed by atoms with Gasteiger partial charge in [-0.2, -0.15) is 0 Å². The third kappa shape index (κ3) is 4.71. The van der Waals surface area contributed by atoms with Crippen LogP contribution in [0.25, 0.3) is 0 Å². The van der Waals surface area contributed by atoms with Crippen LogP contribution in [0.4, 0.5) is 0 Å². The van der Waals surface area contributed by atoms with Crippen LogP contribution >= 0.6 is 24.0 Å². The molecule has 0 fully saturated rings. The number of benzene rings is 2. The van der Waals surface area contributed by atoms with Crippen LogP contribution in [0.15, 0.2) is 42.5 Å². The zero-order chi connectivity index (χ0) is 17.8. The van der Waals surface area contributed by atoms with E-state index < -0.39 is 0 Å². The van der Waals surface area contributed by atoms with Crippen molar-refractivity contribution in [1.82, 2.24) is 4.90 Å². The molecule has 0 unspecified atom stereocenters. The average molecular weight is 370 g/mol. The highest BCUT2D eigenvalue weighted by Gasteiger charge is 2.15. The molecule has 0 spiro atoms. The van der Waals surface area contributed by atoms with Gasteiger partial charge in [0.2, 0.25) is 0 Å². The Balaban J connectivity index is 1.83. The summed E-state index contributed by atoms with van der Waals surface area (Å²) in [6, 6.07) is 15.3. The molecular formula is C21H23NOS2. The van der Waals surface area contributed by atoms with Gasteiger partial charge in [-0.05, 0) is 54.0 Å². The van der Waals surface area contributed by atoms with Crippen LogP contribution in [0.5, 0.6) is 0 Å². The molecule has 0 radical (unpaired) electrons. The molecule has 25 heavy (non-hydrogen) atoms. The quantitative estimate of drug-likeness (QED) is 0.592. The SMILES string of the molecule is CN(C)C(=S)SCC(=O)c1cc2ccc1CCc1ccc(cc1)CC2. The molecule has 2 nitrogen and oxygen atoms in total. The van der Waals surface area contributed by atoms with Crippen LogP contribution < -0.4 is 0 Å². The molecule has 2 aromatic carbocycles. The van der Waals surface area contributed by atoms with Gasteiger partial charge >= 0.3 is 0 Å². The molecule has 0 aromatic heterocycles. The second kappa shape index (κ2) is 8.15. The molecule has 0 saturated carbocycles. The molecule has 0 N–H and O–H groups in total. The van der Waals surface area contributed by atoms with Crippen LogP contribution in [-0.2, 0) is 25.7 Å². The zero-order valence-corrected chi connectivity index (χ0v) is 16.4. The summed E-state index contributed by atoms with van der Waals surface area (Å²) in [4.78, 5) is 14.7. The van der Waals surface area contributed by atoms with Gasteiger partial charge in [0.15, 0.2) is 5.78 Å². The maximum atomic E-state index is 12.8. The molecule has 4 heteroatoms. The molecule has 130 valence electrons. The van der Waals surface area contributed by atoms with Crippen LogP contribution in [-0.4, -0.2) is 34.9 Å². The van der Waals surface area contributed by atoms with E-state index in [0.29, 0.717) is 5.75 Å². The van der Waals surface area contributed by atoms with Crippen LogP contribution in [0.3, 0.4) is 0 Å². The van der Waals surface area contributed by atoms with Gasteiger partial charge in [-0.25, -0.2) is 0 Å². The average Bonchev–Trinajstić information content (AvgIpc) is 2.61. The Bertz CT molecular complexity index is 781. The Morgan fingerprint density at radius 2 is 1.52 bits per heavy atom. The van der Waals surface area contributed by atoms with Crippen LogP contribution in [0.1, 0.15) is 32.6 Å². The minimum Gasteiger partial charge on any atom is -0.364 e. The van der Waals surface area contributed by atoms with E-state index in [2.05, 4.69) is 42.5 Å². The second-order valence-corrected chi connectivity index (χ2v) is 8.29. The minimum atomic E-state index is 0.178. The molecule has 0 aliphatic heterocycles. The van der Waals surface area contributed by atoms with E-state index in [9.17, 15) is 4.79 Å². The van der Waals surface area contributed by atoms with Crippen molar-refractivity contribution in [2.75, 3.05) is 19.8 Å². The highest BCUT2D eigenvalue weighted by Crippen LogP contribution is 2.21. The number of Topliss-reactive ketones (excluding diaryl/α,β-unsaturated/α-hetero) is 1. The van der Waals surface area contributed by atoms with E-state index >= 15 is 0 Å². The van der Waals surface area contributed by atoms with Crippen molar-refractivity contribution in [2.45, 2.75) is 25.7 Å². The van der Waals surface area contributed by atoms with Gasteiger partial charge in [-0.3, -0.25) is 4.79 Å². The Hall–Kier alpha value is -1.65. The molecule has 4 aliphatic carbocycles. The Morgan fingerprint density at radius 1 is 0.960 bits per heavy atom. The van der Waals surface area contributed by atoms with Crippen molar-refractivity contribution in [3.8, 4) is 0 Å². The Morgan fingerprint density at radius 3 is 2.16 bits per heavy atom. The third-order valence-electron chi connectivity index (χ3n) is 4.57. The monoisotopic (exact) mass is 369 g/mol. The van der Waals surface area contributed by atoms with Crippen molar-refractivity contribution in [1.29, 1.82) is 0 Å². The first-order chi connectivity index (χ1) is 12.0. The summed E-state index contributed by atoms with van der Waals surface area (Å²) in [5.41, 5.74) is 5.94. The summed E-state index contributed by atoms with van der Waals surface area (Å²) in [6.07, 6.45) is 3.82. The lowest BCUT2D eigenvalue weighted by Crippen LogP contribution is -2.18. The molecule has 0 atom stereocenters. The van der Waals surface area contributed by atoms with Gasteiger partial charge < -0.3 is 4.90 Å². The highest BCUT2D eigenvalue weighted by molar-refractivity contribution is 8.23. The van der Waals surface area contributed by atoms with Gasteiger partial charge in [0, 0.05) is 19.7 Å². The molecule has 4 aliphatic rings. The summed E-state index contributed by atoms with van der Waals surface area (Å²) in [5.74, 6) is 0.582. The molecule has 0 saturated heterocycles. The Kier molecular flexibility index (Phi) is 5.92. The summed E-state index contributed by atoms with van der Waals surface area (Å²) < 4.78 is 0.750. The zero-order valence-electron chi connectivity index (χ0n) is 14.7.